The number of hydrogen-bond acceptors (Lipinski definition) is 5. The van der Waals surface area contributed by atoms with Crippen LogP contribution in [0.1, 0.15) is 13.8 Å². The Bertz CT molecular complexity index is 463. The zero-order chi connectivity index (χ0) is 12.8. The van der Waals surface area contributed by atoms with Crippen LogP contribution in [-0.2, 0) is 0 Å². The molecule has 1 heterocycles. The van der Waals surface area contributed by atoms with E-state index in [1.54, 1.807) is 0 Å². The van der Waals surface area contributed by atoms with Gasteiger partial charge in [0, 0.05) is 13.1 Å². The number of H-pyrrole nitrogens is 1. The Balaban J connectivity index is 3.08. The molecular formula is C11H16N4O2. The van der Waals surface area contributed by atoms with E-state index in [9.17, 15) is 4.79 Å². The molecule has 0 aromatic carbocycles. The van der Waals surface area contributed by atoms with E-state index in [2.05, 4.69) is 16.0 Å². The highest BCUT2D eigenvalue weighted by Crippen LogP contribution is 2.20. The summed E-state index contributed by atoms with van der Waals surface area (Å²) in [5.41, 5.74) is -0.319. The number of nitrogens with one attached hydrogen (secondary N) is 1. The smallest absolute Gasteiger partial charge is 0.295 e. The Morgan fingerprint density at radius 2 is 2.41 bits per heavy atom. The molecule has 1 aromatic rings. The van der Waals surface area contributed by atoms with Crippen molar-refractivity contribution in [2.75, 3.05) is 25.1 Å². The van der Waals surface area contributed by atoms with Crippen LogP contribution in [-0.4, -0.2) is 30.2 Å². The third-order valence-electron chi connectivity index (χ3n) is 2.39. The summed E-state index contributed by atoms with van der Waals surface area (Å²) in [7, 11) is 1.43. The number of nitriles is 1. The van der Waals surface area contributed by atoms with Crippen LogP contribution in [0.15, 0.2) is 11.1 Å². The average Bonchev–Trinajstić information content (AvgIpc) is 2.35. The molecule has 92 valence electrons. The van der Waals surface area contributed by atoms with Gasteiger partial charge in [-0.2, -0.15) is 5.26 Å². The highest BCUT2D eigenvalue weighted by Gasteiger charge is 2.17. The first-order chi connectivity index (χ1) is 8.13. The lowest BCUT2D eigenvalue weighted by molar-refractivity contribution is 0.405. The van der Waals surface area contributed by atoms with Gasteiger partial charge in [-0.3, -0.25) is 4.79 Å². The van der Waals surface area contributed by atoms with Gasteiger partial charge >= 0.3 is 0 Å². The fourth-order valence-corrected chi connectivity index (χ4v) is 1.52. The van der Waals surface area contributed by atoms with Gasteiger partial charge in [0.25, 0.3) is 5.56 Å². The molecule has 0 aliphatic heterocycles. The van der Waals surface area contributed by atoms with E-state index in [0.717, 1.165) is 0 Å². The molecule has 0 spiro atoms. The number of aromatic amines is 1. The molecule has 0 saturated carbocycles. The van der Waals surface area contributed by atoms with Crippen LogP contribution in [0.4, 0.5) is 5.82 Å². The summed E-state index contributed by atoms with van der Waals surface area (Å²) in [6.07, 6.45) is 1.33. The van der Waals surface area contributed by atoms with Crippen LogP contribution in [0, 0.1) is 17.2 Å². The number of rotatable bonds is 5. The number of hydrogen-bond donors (Lipinski definition) is 1. The lowest BCUT2D eigenvalue weighted by Gasteiger charge is -2.23. The zero-order valence-electron chi connectivity index (χ0n) is 10.2. The van der Waals surface area contributed by atoms with Gasteiger partial charge in [0.15, 0.2) is 5.82 Å². The number of ether oxygens (including phenoxy) is 1. The molecule has 6 heteroatoms. The van der Waals surface area contributed by atoms with Gasteiger partial charge in [-0.25, -0.2) is 4.98 Å². The van der Waals surface area contributed by atoms with E-state index in [-0.39, 0.29) is 17.2 Å². The fraction of sp³-hybridized carbons (Fsp3) is 0.545. The van der Waals surface area contributed by atoms with Crippen molar-refractivity contribution < 1.29 is 4.74 Å². The van der Waals surface area contributed by atoms with Crippen LogP contribution in [0.5, 0.6) is 5.75 Å². The molecule has 17 heavy (non-hydrogen) atoms. The summed E-state index contributed by atoms with van der Waals surface area (Å²) in [5, 5.41) is 8.81. The monoisotopic (exact) mass is 236 g/mol. The van der Waals surface area contributed by atoms with Crippen molar-refractivity contribution >= 4 is 5.82 Å². The van der Waals surface area contributed by atoms with Gasteiger partial charge in [-0.15, -0.1) is 0 Å². The number of nitrogens with zero attached hydrogens (tertiary/aromatic N) is 3. The number of methoxy groups -OCH3 is 1. The van der Waals surface area contributed by atoms with Crippen LogP contribution in [0.3, 0.4) is 0 Å². The largest absolute Gasteiger partial charge is 0.489 e. The second-order valence-electron chi connectivity index (χ2n) is 3.66. The maximum Gasteiger partial charge on any atom is 0.295 e. The first-order valence-electron chi connectivity index (χ1n) is 5.40. The van der Waals surface area contributed by atoms with E-state index in [0.29, 0.717) is 18.9 Å². The standard InChI is InChI=1S/C11H16N4O2/c1-4-15(6-8(2)5-12)10-9(17-3)11(16)14-7-13-10/h7-8H,4,6H2,1-3H3,(H,13,14,16). The highest BCUT2D eigenvalue weighted by atomic mass is 16.5. The molecule has 0 amide bonds. The van der Waals surface area contributed by atoms with E-state index in [1.807, 2.05) is 18.7 Å². The SMILES string of the molecule is CCN(CC(C)C#N)c1nc[nH]c(=O)c1OC. The molecule has 0 bridgehead atoms. The quantitative estimate of drug-likeness (QED) is 0.816. The molecule has 1 rings (SSSR count). The maximum atomic E-state index is 11.5. The molecule has 0 saturated heterocycles. The second-order valence-corrected chi connectivity index (χ2v) is 3.66. The predicted molar refractivity (Wildman–Crippen MR) is 64.1 cm³/mol. The maximum absolute atomic E-state index is 11.5. The minimum Gasteiger partial charge on any atom is -0.489 e. The highest BCUT2D eigenvalue weighted by molar-refractivity contribution is 5.50. The summed E-state index contributed by atoms with van der Waals surface area (Å²) in [4.78, 5) is 19.9. The zero-order valence-corrected chi connectivity index (χ0v) is 10.2. The molecular weight excluding hydrogens is 220 g/mol. The number of aromatic nitrogens is 2. The van der Waals surface area contributed by atoms with E-state index in [1.165, 1.54) is 13.4 Å². The van der Waals surface area contributed by atoms with Crippen molar-refractivity contribution in [3.05, 3.63) is 16.7 Å². The van der Waals surface area contributed by atoms with Crippen molar-refractivity contribution in [3.8, 4) is 11.8 Å². The molecule has 1 N–H and O–H groups in total. The molecule has 1 atom stereocenters. The Kier molecular flexibility index (Phi) is 4.52. The van der Waals surface area contributed by atoms with Crippen LogP contribution < -0.4 is 15.2 Å². The normalized spacial score (nSPS) is 11.6. The molecule has 6 nitrogen and oxygen atoms in total. The van der Waals surface area contributed by atoms with Crippen molar-refractivity contribution in [3.63, 3.8) is 0 Å². The van der Waals surface area contributed by atoms with Crippen molar-refractivity contribution in [2.45, 2.75) is 13.8 Å². The van der Waals surface area contributed by atoms with E-state index < -0.39 is 0 Å². The topological polar surface area (TPSA) is 82.0 Å². The van der Waals surface area contributed by atoms with Gasteiger partial charge in [-0.1, -0.05) is 0 Å². The Labute approximate surface area is 99.9 Å². The molecule has 1 unspecified atom stereocenters. The van der Waals surface area contributed by atoms with Crippen LogP contribution in [0.2, 0.25) is 0 Å². The lowest BCUT2D eigenvalue weighted by Crippen LogP contribution is -2.30. The minimum absolute atomic E-state index is 0.138. The average molecular weight is 236 g/mol. The first-order valence-corrected chi connectivity index (χ1v) is 5.40. The van der Waals surface area contributed by atoms with Crippen molar-refractivity contribution in [1.29, 1.82) is 5.26 Å². The molecule has 0 aliphatic rings. The van der Waals surface area contributed by atoms with Crippen molar-refractivity contribution in [2.24, 2.45) is 5.92 Å². The summed E-state index contributed by atoms with van der Waals surface area (Å²) in [5.74, 6) is 0.515. The summed E-state index contributed by atoms with van der Waals surface area (Å²) in [6, 6.07) is 2.16. The molecule has 0 fully saturated rings. The Morgan fingerprint density at radius 1 is 1.71 bits per heavy atom. The van der Waals surface area contributed by atoms with Gasteiger partial charge in [0.1, 0.15) is 0 Å². The van der Waals surface area contributed by atoms with E-state index >= 15 is 0 Å². The van der Waals surface area contributed by atoms with Crippen LogP contribution >= 0.6 is 0 Å². The lowest BCUT2D eigenvalue weighted by atomic mass is 10.2. The second kappa shape index (κ2) is 5.89. The van der Waals surface area contributed by atoms with Gasteiger partial charge < -0.3 is 14.6 Å². The van der Waals surface area contributed by atoms with Crippen molar-refractivity contribution in [1.82, 2.24) is 9.97 Å². The first kappa shape index (κ1) is 13.0. The molecule has 0 radical (unpaired) electrons. The molecule has 0 aliphatic carbocycles. The Morgan fingerprint density at radius 3 is 2.94 bits per heavy atom. The van der Waals surface area contributed by atoms with Crippen LogP contribution in [0.25, 0.3) is 0 Å². The van der Waals surface area contributed by atoms with Gasteiger partial charge in [0.2, 0.25) is 5.75 Å². The summed E-state index contributed by atoms with van der Waals surface area (Å²) in [6.45, 7) is 4.92. The fourth-order valence-electron chi connectivity index (χ4n) is 1.52. The van der Waals surface area contributed by atoms with E-state index in [4.69, 9.17) is 10.00 Å². The Hall–Kier alpha value is -2.03. The van der Waals surface area contributed by atoms with Gasteiger partial charge in [0.05, 0.1) is 25.4 Å². The minimum atomic E-state index is -0.319. The summed E-state index contributed by atoms with van der Waals surface area (Å²) >= 11 is 0. The third-order valence-corrected chi connectivity index (χ3v) is 2.39. The molecule has 1 aromatic heterocycles. The third kappa shape index (κ3) is 2.97. The summed E-state index contributed by atoms with van der Waals surface area (Å²) < 4.78 is 5.04. The van der Waals surface area contributed by atoms with Gasteiger partial charge in [-0.05, 0) is 13.8 Å². The predicted octanol–water partition coefficient (Wildman–Crippen LogP) is 0.764. The number of anilines is 1.